The summed E-state index contributed by atoms with van der Waals surface area (Å²) in [5, 5.41) is 7.03. The zero-order valence-electron chi connectivity index (χ0n) is 32.7. The first-order chi connectivity index (χ1) is 26.6. The number of hydrogen-bond donors (Lipinski definition) is 0. The Morgan fingerprint density at radius 1 is 0.702 bits per heavy atom. The number of azo groups is 1. The normalized spacial score (nSPS) is 15.1. The van der Waals surface area contributed by atoms with Crippen molar-refractivity contribution < 1.29 is 54.9 Å². The number of halogens is 6. The molecule has 10 nitrogen and oxygen atoms in total. The number of carbonyl (C=O) groups excluding carboxylic acids is 2. The Morgan fingerprint density at radius 2 is 1.14 bits per heavy atom. The zero-order chi connectivity index (χ0) is 42.5. The summed E-state index contributed by atoms with van der Waals surface area (Å²) in [6, 6.07) is 12.1. The maximum atomic E-state index is 13.9. The molecule has 0 amide bonds. The second-order valence-corrected chi connectivity index (χ2v) is 13.2. The highest BCUT2D eigenvalue weighted by atomic mass is 19.4. The third-order valence-corrected chi connectivity index (χ3v) is 8.68. The highest BCUT2D eigenvalue weighted by molar-refractivity contribution is 5.93. The molecule has 1 atom stereocenters. The standard InChI is InChI=1S/C21H22F3N3O3.C20H20F3NO3/c1-5-29-19(28)15-6-7-16(20(21(22,23)24)8-9-25-27-20)26-18(15)30-17-13(3)10-12(2)11-14(17)4;1-6-26-19(25)15-7-8-16(14(5)20(21,22)23)24-18(15)27-17-12(3)9-11(2)10-13(17)4/h6-7,10-11H,5,8-9H2,1-4H3;7-10H,5-6H2,1-4H3. The van der Waals surface area contributed by atoms with E-state index in [-0.39, 0.29) is 54.8 Å². The van der Waals surface area contributed by atoms with E-state index in [1.54, 1.807) is 27.7 Å². The predicted octanol–water partition coefficient (Wildman–Crippen LogP) is 11.1. The number of nitrogens with zero attached hydrogens (tertiary/aromatic N) is 4. The highest BCUT2D eigenvalue weighted by Crippen LogP contribution is 2.48. The van der Waals surface area contributed by atoms with Crippen molar-refractivity contribution in [3.8, 4) is 23.3 Å². The maximum Gasteiger partial charge on any atom is 0.421 e. The van der Waals surface area contributed by atoms with Crippen LogP contribution in [0, 0.1) is 41.5 Å². The summed E-state index contributed by atoms with van der Waals surface area (Å²) in [5.41, 5.74) is 0.476. The number of aryl methyl sites for hydroxylation is 6. The number of allylic oxidation sites excluding steroid dienone is 1. The molecule has 0 fully saturated rings. The minimum atomic E-state index is -4.70. The third-order valence-electron chi connectivity index (χ3n) is 8.68. The molecule has 0 aliphatic carbocycles. The molecule has 1 aliphatic rings. The second-order valence-electron chi connectivity index (χ2n) is 13.2. The first-order valence-electron chi connectivity index (χ1n) is 17.7. The average molecular weight is 801 g/mol. The summed E-state index contributed by atoms with van der Waals surface area (Å²) in [6.45, 7) is 17.5. The van der Waals surface area contributed by atoms with Crippen LogP contribution in [-0.2, 0) is 15.0 Å². The van der Waals surface area contributed by atoms with Crippen LogP contribution in [0.3, 0.4) is 0 Å². The molecule has 3 heterocycles. The summed E-state index contributed by atoms with van der Waals surface area (Å²) in [7, 11) is 0. The van der Waals surface area contributed by atoms with E-state index >= 15 is 0 Å². The Kier molecular flexibility index (Phi) is 13.5. The largest absolute Gasteiger partial charge is 0.462 e. The number of aromatic nitrogens is 2. The number of carbonyl (C=O) groups is 2. The summed E-state index contributed by atoms with van der Waals surface area (Å²) < 4.78 is 102. The van der Waals surface area contributed by atoms with Gasteiger partial charge in [-0.05, 0) is 102 Å². The number of esters is 2. The van der Waals surface area contributed by atoms with Crippen molar-refractivity contribution in [3.63, 3.8) is 0 Å². The molecule has 5 rings (SSSR count). The number of benzene rings is 2. The Morgan fingerprint density at radius 3 is 1.53 bits per heavy atom. The fourth-order valence-electron chi connectivity index (χ4n) is 6.11. The zero-order valence-corrected chi connectivity index (χ0v) is 32.7. The van der Waals surface area contributed by atoms with E-state index < -0.39 is 41.1 Å². The molecule has 0 N–H and O–H groups in total. The van der Waals surface area contributed by atoms with Crippen molar-refractivity contribution in [2.75, 3.05) is 19.8 Å². The number of ether oxygens (including phenoxy) is 4. The minimum Gasteiger partial charge on any atom is -0.462 e. The van der Waals surface area contributed by atoms with Gasteiger partial charge in [0.2, 0.25) is 17.3 Å². The van der Waals surface area contributed by atoms with E-state index in [9.17, 15) is 35.9 Å². The van der Waals surface area contributed by atoms with Gasteiger partial charge in [0.25, 0.3) is 0 Å². The molecule has 16 heteroatoms. The predicted molar refractivity (Wildman–Crippen MR) is 199 cm³/mol. The molecule has 0 saturated carbocycles. The van der Waals surface area contributed by atoms with Gasteiger partial charge in [0.05, 0.1) is 36.7 Å². The molecule has 1 unspecified atom stereocenters. The van der Waals surface area contributed by atoms with E-state index in [0.29, 0.717) is 11.5 Å². The van der Waals surface area contributed by atoms with Crippen LogP contribution in [0.1, 0.15) is 85.8 Å². The first kappa shape index (κ1) is 43.9. The number of hydrogen-bond acceptors (Lipinski definition) is 10. The Balaban J connectivity index is 0.000000254. The SMILES string of the molecule is C=C(c1ccc(C(=O)OCC)c(Oc2c(C)cc(C)cc2C)n1)C(F)(F)F.CCOC(=O)c1ccc(C2(C(F)(F)F)CCN=N2)nc1Oc1c(C)cc(C)cc1C. The van der Waals surface area contributed by atoms with E-state index in [4.69, 9.17) is 18.9 Å². The molecule has 0 bridgehead atoms. The number of rotatable bonds is 10. The highest BCUT2D eigenvalue weighted by Gasteiger charge is 2.59. The van der Waals surface area contributed by atoms with Gasteiger partial charge >= 0.3 is 24.3 Å². The van der Waals surface area contributed by atoms with Crippen molar-refractivity contribution in [1.29, 1.82) is 0 Å². The van der Waals surface area contributed by atoms with Gasteiger partial charge in [0.1, 0.15) is 22.6 Å². The van der Waals surface area contributed by atoms with Gasteiger partial charge in [-0.25, -0.2) is 19.6 Å². The lowest BCUT2D eigenvalue weighted by atomic mass is 9.91. The maximum absolute atomic E-state index is 13.9. The van der Waals surface area contributed by atoms with Gasteiger partial charge in [-0.3, -0.25) is 0 Å². The summed E-state index contributed by atoms with van der Waals surface area (Å²) in [6.07, 6.45) is -9.70. The Hall–Kier alpha value is -5.80. The molecule has 1 aliphatic heterocycles. The summed E-state index contributed by atoms with van der Waals surface area (Å²) >= 11 is 0. The van der Waals surface area contributed by atoms with Crippen LogP contribution in [0.15, 0.2) is 65.3 Å². The topological polar surface area (TPSA) is 122 Å². The van der Waals surface area contributed by atoms with Crippen molar-refractivity contribution in [2.24, 2.45) is 10.2 Å². The van der Waals surface area contributed by atoms with Gasteiger partial charge in [-0.15, -0.1) is 0 Å². The molecule has 57 heavy (non-hydrogen) atoms. The van der Waals surface area contributed by atoms with Crippen molar-refractivity contribution in [1.82, 2.24) is 9.97 Å². The van der Waals surface area contributed by atoms with Gasteiger partial charge in [0.15, 0.2) is 0 Å². The summed E-state index contributed by atoms with van der Waals surface area (Å²) in [5.74, 6) is -1.13. The summed E-state index contributed by atoms with van der Waals surface area (Å²) in [4.78, 5) is 32.6. The van der Waals surface area contributed by atoms with Crippen LogP contribution in [0.5, 0.6) is 23.3 Å². The Labute approximate surface area is 326 Å². The molecule has 2 aromatic carbocycles. The van der Waals surface area contributed by atoms with Crippen LogP contribution in [0.4, 0.5) is 26.3 Å². The fraction of sp³-hybridized carbons (Fsp3) is 0.366. The molecular weight excluding hydrogens is 758 g/mol. The van der Waals surface area contributed by atoms with E-state index in [1.165, 1.54) is 12.1 Å². The molecule has 4 aromatic rings. The second kappa shape index (κ2) is 17.6. The van der Waals surface area contributed by atoms with Gasteiger partial charge in [-0.2, -0.15) is 36.6 Å². The average Bonchev–Trinajstić information content (AvgIpc) is 3.63. The quantitative estimate of drug-likeness (QED) is 0.115. The number of pyridine rings is 2. The van der Waals surface area contributed by atoms with Crippen LogP contribution in [-0.4, -0.2) is 54.0 Å². The van der Waals surface area contributed by atoms with Crippen LogP contribution in [0.25, 0.3) is 5.57 Å². The lowest BCUT2D eigenvalue weighted by Crippen LogP contribution is -2.40. The Bertz CT molecular complexity index is 2160. The van der Waals surface area contributed by atoms with Crippen LogP contribution >= 0.6 is 0 Å². The third kappa shape index (κ3) is 9.96. The first-order valence-corrected chi connectivity index (χ1v) is 17.7. The lowest BCUT2D eigenvalue weighted by Gasteiger charge is -2.27. The monoisotopic (exact) mass is 800 g/mol. The van der Waals surface area contributed by atoms with Gasteiger partial charge < -0.3 is 18.9 Å². The van der Waals surface area contributed by atoms with E-state index in [0.717, 1.165) is 45.5 Å². The molecule has 0 saturated heterocycles. The van der Waals surface area contributed by atoms with Gasteiger partial charge in [0, 0.05) is 6.42 Å². The van der Waals surface area contributed by atoms with Crippen molar-refractivity contribution >= 4 is 17.5 Å². The van der Waals surface area contributed by atoms with E-state index in [1.807, 2.05) is 52.0 Å². The molecule has 2 aromatic heterocycles. The molecule has 304 valence electrons. The van der Waals surface area contributed by atoms with E-state index in [2.05, 4.69) is 26.8 Å². The molecular formula is C41H42F6N4O6. The van der Waals surface area contributed by atoms with Crippen molar-refractivity contribution in [3.05, 3.63) is 111 Å². The molecule has 0 radical (unpaired) electrons. The smallest absolute Gasteiger partial charge is 0.421 e. The fourth-order valence-corrected chi connectivity index (χ4v) is 6.11. The van der Waals surface area contributed by atoms with Crippen LogP contribution < -0.4 is 9.47 Å². The van der Waals surface area contributed by atoms with Crippen LogP contribution in [0.2, 0.25) is 0 Å². The number of alkyl halides is 6. The van der Waals surface area contributed by atoms with Gasteiger partial charge in [-0.1, -0.05) is 42.0 Å². The lowest BCUT2D eigenvalue weighted by molar-refractivity contribution is -0.189. The minimum absolute atomic E-state index is 0.0602. The van der Waals surface area contributed by atoms with Crippen molar-refractivity contribution in [2.45, 2.75) is 79.7 Å². The molecule has 0 spiro atoms.